The first-order valence-electron chi connectivity index (χ1n) is 5.55. The van der Waals surface area contributed by atoms with Crippen molar-refractivity contribution in [1.82, 2.24) is 0 Å². The third-order valence-corrected chi connectivity index (χ3v) is 2.60. The third kappa shape index (κ3) is 2.99. The van der Waals surface area contributed by atoms with Crippen LogP contribution in [0.5, 0.6) is 0 Å². The van der Waals surface area contributed by atoms with E-state index in [9.17, 15) is 8.78 Å². The van der Waals surface area contributed by atoms with Crippen molar-refractivity contribution in [1.29, 1.82) is 5.26 Å². The molecule has 0 saturated heterocycles. The molecule has 0 aliphatic heterocycles. The molecule has 19 heavy (non-hydrogen) atoms. The van der Waals surface area contributed by atoms with Gasteiger partial charge in [-0.15, -0.1) is 0 Å². The molecule has 2 aromatic rings. The average molecular weight is 259 g/mol. The van der Waals surface area contributed by atoms with Crippen molar-refractivity contribution in [2.45, 2.75) is 6.43 Å². The van der Waals surface area contributed by atoms with E-state index >= 15 is 0 Å². The zero-order valence-corrected chi connectivity index (χ0v) is 9.90. The van der Waals surface area contributed by atoms with Gasteiger partial charge in [-0.05, 0) is 42.5 Å². The zero-order chi connectivity index (χ0) is 13.8. The monoisotopic (exact) mass is 259 g/mol. The first-order valence-corrected chi connectivity index (χ1v) is 5.55. The maximum absolute atomic E-state index is 12.9. The Balaban J connectivity index is 2.30. The normalized spacial score (nSPS) is 10.2. The van der Waals surface area contributed by atoms with Gasteiger partial charge in [0.15, 0.2) is 0 Å². The number of nitriles is 1. The number of halogens is 2. The largest absolute Gasteiger partial charge is 0.399 e. The fourth-order valence-corrected chi connectivity index (χ4v) is 1.66. The summed E-state index contributed by atoms with van der Waals surface area (Å²) in [5.41, 5.74) is 7.08. The number of alkyl halides is 2. The van der Waals surface area contributed by atoms with Crippen LogP contribution < -0.4 is 11.1 Å². The number of benzene rings is 2. The Hall–Kier alpha value is -2.61. The van der Waals surface area contributed by atoms with Crippen molar-refractivity contribution in [2.75, 3.05) is 11.1 Å². The van der Waals surface area contributed by atoms with Gasteiger partial charge in [0.1, 0.15) is 0 Å². The molecule has 0 amide bonds. The second kappa shape index (κ2) is 5.36. The molecule has 0 heterocycles. The highest BCUT2D eigenvalue weighted by atomic mass is 19.3. The number of nitrogens with zero attached hydrogens (tertiary/aromatic N) is 1. The lowest BCUT2D eigenvalue weighted by Crippen LogP contribution is -1.98. The molecule has 0 unspecified atom stereocenters. The molecule has 0 fully saturated rings. The van der Waals surface area contributed by atoms with E-state index in [2.05, 4.69) is 5.32 Å². The molecular weight excluding hydrogens is 248 g/mol. The van der Waals surface area contributed by atoms with Gasteiger partial charge in [-0.3, -0.25) is 0 Å². The van der Waals surface area contributed by atoms with Crippen LogP contribution >= 0.6 is 0 Å². The molecule has 0 aromatic heterocycles. The number of nitrogens with one attached hydrogen (secondary N) is 1. The predicted molar refractivity (Wildman–Crippen MR) is 70.3 cm³/mol. The highest BCUT2D eigenvalue weighted by Crippen LogP contribution is 2.31. The molecule has 5 heteroatoms. The van der Waals surface area contributed by atoms with E-state index in [-0.39, 0.29) is 5.56 Å². The number of hydrogen-bond acceptors (Lipinski definition) is 3. The lowest BCUT2D eigenvalue weighted by molar-refractivity contribution is 0.152. The minimum Gasteiger partial charge on any atom is -0.399 e. The van der Waals surface area contributed by atoms with Crippen molar-refractivity contribution >= 4 is 17.1 Å². The van der Waals surface area contributed by atoms with Crippen molar-refractivity contribution in [3.63, 3.8) is 0 Å². The number of anilines is 3. The summed E-state index contributed by atoms with van der Waals surface area (Å²) in [5.74, 6) is 0. The minimum atomic E-state index is -2.61. The molecule has 96 valence electrons. The summed E-state index contributed by atoms with van der Waals surface area (Å²) < 4.78 is 25.8. The van der Waals surface area contributed by atoms with Gasteiger partial charge >= 0.3 is 0 Å². The Morgan fingerprint density at radius 1 is 1.11 bits per heavy atom. The first kappa shape index (κ1) is 12.8. The Kier molecular flexibility index (Phi) is 3.62. The van der Waals surface area contributed by atoms with E-state index in [1.165, 1.54) is 12.1 Å². The van der Waals surface area contributed by atoms with Crippen molar-refractivity contribution in [3.05, 3.63) is 53.6 Å². The van der Waals surface area contributed by atoms with Gasteiger partial charge in [-0.2, -0.15) is 5.26 Å². The van der Waals surface area contributed by atoms with Crippen LogP contribution in [0.4, 0.5) is 25.8 Å². The molecule has 0 aliphatic rings. The van der Waals surface area contributed by atoms with Gasteiger partial charge in [0.25, 0.3) is 6.43 Å². The molecule has 0 radical (unpaired) electrons. The van der Waals surface area contributed by atoms with Crippen LogP contribution in [0.15, 0.2) is 42.5 Å². The summed E-state index contributed by atoms with van der Waals surface area (Å²) in [6, 6.07) is 12.8. The topological polar surface area (TPSA) is 61.8 Å². The highest BCUT2D eigenvalue weighted by Gasteiger charge is 2.13. The van der Waals surface area contributed by atoms with Crippen LogP contribution in [0.25, 0.3) is 0 Å². The maximum Gasteiger partial charge on any atom is 0.265 e. The fraction of sp³-hybridized carbons (Fsp3) is 0.0714. The van der Waals surface area contributed by atoms with Crippen LogP contribution in [-0.2, 0) is 0 Å². The second-order valence-corrected chi connectivity index (χ2v) is 3.96. The molecule has 2 aromatic carbocycles. The van der Waals surface area contributed by atoms with E-state index in [1.807, 2.05) is 6.07 Å². The van der Waals surface area contributed by atoms with Gasteiger partial charge in [-0.25, -0.2) is 8.78 Å². The Morgan fingerprint density at radius 2 is 1.79 bits per heavy atom. The SMILES string of the molecule is N#Cc1ccc(Nc2ccc(N)cc2C(F)F)cc1. The standard InChI is InChI=1S/C14H11F2N3/c15-14(16)12-7-10(18)3-6-13(12)19-11-4-1-9(8-17)2-5-11/h1-7,14,19H,18H2. The van der Waals surface area contributed by atoms with E-state index < -0.39 is 6.43 Å². The number of nitrogens with two attached hydrogens (primary N) is 1. The smallest absolute Gasteiger partial charge is 0.265 e. The molecule has 0 aliphatic carbocycles. The summed E-state index contributed by atoms with van der Waals surface area (Å²) in [4.78, 5) is 0. The van der Waals surface area contributed by atoms with Crippen LogP contribution in [0.2, 0.25) is 0 Å². The van der Waals surface area contributed by atoms with Crippen molar-refractivity contribution in [3.8, 4) is 6.07 Å². The first-order chi connectivity index (χ1) is 9.10. The lowest BCUT2D eigenvalue weighted by Gasteiger charge is -2.12. The molecule has 3 nitrogen and oxygen atoms in total. The molecule has 0 saturated carbocycles. The fourth-order valence-electron chi connectivity index (χ4n) is 1.66. The summed E-state index contributed by atoms with van der Waals surface area (Å²) in [5, 5.41) is 11.6. The number of nitrogen functional groups attached to an aromatic ring is 1. The van der Waals surface area contributed by atoms with Gasteiger partial charge in [0.05, 0.1) is 11.6 Å². The summed E-state index contributed by atoms with van der Waals surface area (Å²) in [7, 11) is 0. The minimum absolute atomic E-state index is 0.149. The van der Waals surface area contributed by atoms with E-state index in [0.29, 0.717) is 22.6 Å². The van der Waals surface area contributed by atoms with Crippen LogP contribution in [-0.4, -0.2) is 0 Å². The highest BCUT2D eigenvalue weighted by molar-refractivity contribution is 5.66. The maximum atomic E-state index is 12.9. The number of hydrogen-bond donors (Lipinski definition) is 2. The Morgan fingerprint density at radius 3 is 2.37 bits per heavy atom. The van der Waals surface area contributed by atoms with E-state index in [0.717, 1.165) is 0 Å². The van der Waals surface area contributed by atoms with Crippen molar-refractivity contribution < 1.29 is 8.78 Å². The Labute approximate surface area is 109 Å². The summed E-state index contributed by atoms with van der Waals surface area (Å²) in [6.07, 6.45) is -2.61. The second-order valence-electron chi connectivity index (χ2n) is 3.96. The summed E-state index contributed by atoms with van der Waals surface area (Å²) >= 11 is 0. The van der Waals surface area contributed by atoms with Gasteiger partial charge in [0, 0.05) is 22.6 Å². The molecule has 0 atom stereocenters. The average Bonchev–Trinajstić information content (AvgIpc) is 2.41. The predicted octanol–water partition coefficient (Wildman–Crippen LogP) is 3.82. The third-order valence-electron chi connectivity index (χ3n) is 2.60. The van der Waals surface area contributed by atoms with Crippen LogP contribution in [0.3, 0.4) is 0 Å². The number of rotatable bonds is 3. The zero-order valence-electron chi connectivity index (χ0n) is 9.90. The quantitative estimate of drug-likeness (QED) is 0.823. The summed E-state index contributed by atoms with van der Waals surface area (Å²) in [6.45, 7) is 0. The van der Waals surface area contributed by atoms with Crippen LogP contribution in [0, 0.1) is 11.3 Å². The Bertz CT molecular complexity index is 616. The molecule has 2 rings (SSSR count). The molecule has 0 bridgehead atoms. The molecular formula is C14H11F2N3. The molecule has 3 N–H and O–H groups in total. The van der Waals surface area contributed by atoms with Gasteiger partial charge < -0.3 is 11.1 Å². The van der Waals surface area contributed by atoms with E-state index in [1.54, 1.807) is 30.3 Å². The van der Waals surface area contributed by atoms with Gasteiger partial charge in [-0.1, -0.05) is 0 Å². The van der Waals surface area contributed by atoms with Crippen molar-refractivity contribution in [2.24, 2.45) is 0 Å². The lowest BCUT2D eigenvalue weighted by atomic mass is 10.1. The molecule has 0 spiro atoms. The van der Waals surface area contributed by atoms with E-state index in [4.69, 9.17) is 11.0 Å². The van der Waals surface area contributed by atoms with Crippen LogP contribution in [0.1, 0.15) is 17.6 Å². The van der Waals surface area contributed by atoms with Gasteiger partial charge in [0.2, 0.25) is 0 Å².